The maximum absolute atomic E-state index is 12.7. The molecule has 1 heterocycles. The lowest BCUT2D eigenvalue weighted by Gasteiger charge is -2.02. The summed E-state index contributed by atoms with van der Waals surface area (Å²) in [4.78, 5) is 11.8. The third kappa shape index (κ3) is 3.32. The minimum absolute atomic E-state index is 0.243. The quantitative estimate of drug-likeness (QED) is 0.870. The fraction of sp³-hybridized carbons (Fsp3) is 0.200. The number of hydrogen-bond donors (Lipinski definition) is 1. The molecule has 0 aliphatic heterocycles. The van der Waals surface area contributed by atoms with E-state index < -0.39 is 0 Å². The predicted molar refractivity (Wildman–Crippen MR) is 76.7 cm³/mol. The summed E-state index contributed by atoms with van der Waals surface area (Å²) in [5, 5.41) is 6.91. The highest BCUT2D eigenvalue weighted by molar-refractivity contribution is 6.02. The molecule has 0 atom stereocenters. The number of aromatic nitrogens is 2. The molecule has 0 fully saturated rings. The highest BCUT2D eigenvalue weighted by atomic mass is 19.1. The fourth-order valence-corrected chi connectivity index (χ4v) is 1.81. The first-order chi connectivity index (χ1) is 9.60. The van der Waals surface area contributed by atoms with Gasteiger partial charge in [0.15, 0.2) is 0 Å². The lowest BCUT2D eigenvalue weighted by atomic mass is 10.2. The van der Waals surface area contributed by atoms with Gasteiger partial charge in [-0.25, -0.2) is 4.39 Å². The molecule has 4 nitrogen and oxygen atoms in total. The number of benzene rings is 1. The topological polar surface area (TPSA) is 46.9 Å². The zero-order chi connectivity index (χ0) is 14.5. The number of rotatable bonds is 4. The summed E-state index contributed by atoms with van der Waals surface area (Å²) in [5.41, 5.74) is 2.37. The third-order valence-corrected chi connectivity index (χ3v) is 2.96. The molecule has 2 rings (SSSR count). The molecule has 0 saturated carbocycles. The highest BCUT2D eigenvalue weighted by Crippen LogP contribution is 2.13. The Morgan fingerprint density at radius 2 is 2.10 bits per heavy atom. The largest absolute Gasteiger partial charge is 0.320 e. The molecule has 1 N–H and O–H groups in total. The van der Waals surface area contributed by atoms with Gasteiger partial charge in [0.2, 0.25) is 5.91 Å². The summed E-state index contributed by atoms with van der Waals surface area (Å²) in [5.74, 6) is -0.540. The third-order valence-electron chi connectivity index (χ3n) is 2.96. The Bertz CT molecular complexity index is 629. The van der Waals surface area contributed by atoms with E-state index in [2.05, 4.69) is 10.4 Å². The van der Waals surface area contributed by atoms with Crippen LogP contribution in [-0.2, 0) is 11.3 Å². The van der Waals surface area contributed by atoms with Crippen molar-refractivity contribution < 1.29 is 9.18 Å². The van der Waals surface area contributed by atoms with Crippen molar-refractivity contribution >= 4 is 17.7 Å². The molecule has 1 amide bonds. The molecular weight excluding hydrogens is 257 g/mol. The van der Waals surface area contributed by atoms with Crippen molar-refractivity contribution in [3.05, 3.63) is 53.6 Å². The van der Waals surface area contributed by atoms with Gasteiger partial charge in [0.05, 0.1) is 17.6 Å². The number of aryl methyl sites for hydroxylation is 1. The molecule has 0 bridgehead atoms. The van der Waals surface area contributed by atoms with E-state index in [0.29, 0.717) is 5.69 Å². The van der Waals surface area contributed by atoms with E-state index in [-0.39, 0.29) is 11.7 Å². The zero-order valence-electron chi connectivity index (χ0n) is 11.4. The Morgan fingerprint density at radius 3 is 2.70 bits per heavy atom. The van der Waals surface area contributed by atoms with Crippen LogP contribution in [0.25, 0.3) is 6.08 Å². The molecule has 2 aromatic rings. The molecule has 20 heavy (non-hydrogen) atoms. The van der Waals surface area contributed by atoms with Gasteiger partial charge in [0.25, 0.3) is 0 Å². The summed E-state index contributed by atoms with van der Waals surface area (Å²) < 4.78 is 14.5. The van der Waals surface area contributed by atoms with Crippen LogP contribution in [0, 0.1) is 12.7 Å². The monoisotopic (exact) mass is 273 g/mol. The standard InChI is InChI=1S/C15H16FN3O/c1-3-19-11(2)14(10-17-19)18-15(20)9-6-12-4-7-13(16)8-5-12/h4-10H,3H2,1-2H3,(H,18,20)/b9-6+. The van der Waals surface area contributed by atoms with Gasteiger partial charge in [-0.15, -0.1) is 0 Å². The second kappa shape index (κ2) is 6.14. The van der Waals surface area contributed by atoms with Crippen LogP contribution in [0.15, 0.2) is 36.5 Å². The molecule has 104 valence electrons. The average molecular weight is 273 g/mol. The van der Waals surface area contributed by atoms with Crippen molar-refractivity contribution in [3.8, 4) is 0 Å². The molecule has 0 saturated heterocycles. The summed E-state index contributed by atoms with van der Waals surface area (Å²) in [6.45, 7) is 4.64. The van der Waals surface area contributed by atoms with Crippen LogP contribution < -0.4 is 5.32 Å². The Morgan fingerprint density at radius 1 is 1.40 bits per heavy atom. The highest BCUT2D eigenvalue weighted by Gasteiger charge is 2.06. The normalized spacial score (nSPS) is 10.9. The van der Waals surface area contributed by atoms with Crippen LogP contribution in [0.2, 0.25) is 0 Å². The molecule has 0 spiro atoms. The first-order valence-corrected chi connectivity index (χ1v) is 6.37. The molecule has 0 radical (unpaired) electrons. The maximum Gasteiger partial charge on any atom is 0.248 e. The number of nitrogens with one attached hydrogen (secondary N) is 1. The number of amides is 1. The van der Waals surface area contributed by atoms with Crippen molar-refractivity contribution in [2.75, 3.05) is 5.32 Å². The lowest BCUT2D eigenvalue weighted by Crippen LogP contribution is -2.09. The van der Waals surface area contributed by atoms with E-state index >= 15 is 0 Å². The van der Waals surface area contributed by atoms with Gasteiger partial charge in [0.1, 0.15) is 5.82 Å². The molecule has 0 unspecified atom stereocenters. The molecule has 5 heteroatoms. The maximum atomic E-state index is 12.7. The summed E-state index contributed by atoms with van der Waals surface area (Å²) in [6, 6.07) is 5.93. The molecule has 1 aromatic carbocycles. The van der Waals surface area contributed by atoms with Gasteiger partial charge in [0, 0.05) is 12.6 Å². The number of anilines is 1. The van der Waals surface area contributed by atoms with Crippen molar-refractivity contribution in [3.63, 3.8) is 0 Å². The van der Waals surface area contributed by atoms with Gasteiger partial charge >= 0.3 is 0 Å². The van der Waals surface area contributed by atoms with Gasteiger partial charge in [-0.2, -0.15) is 5.10 Å². The second-order valence-corrected chi connectivity index (χ2v) is 4.33. The number of carbonyl (C=O) groups excluding carboxylic acids is 1. The van der Waals surface area contributed by atoms with Crippen LogP contribution in [0.5, 0.6) is 0 Å². The number of halogens is 1. The summed E-state index contributed by atoms with van der Waals surface area (Å²) in [7, 11) is 0. The van der Waals surface area contributed by atoms with Crippen molar-refractivity contribution in [1.82, 2.24) is 9.78 Å². The van der Waals surface area contributed by atoms with Gasteiger partial charge in [-0.3, -0.25) is 9.48 Å². The predicted octanol–water partition coefficient (Wildman–Crippen LogP) is 3.00. The number of hydrogen-bond acceptors (Lipinski definition) is 2. The molecule has 1 aromatic heterocycles. The van der Waals surface area contributed by atoms with Crippen LogP contribution in [0.3, 0.4) is 0 Å². The van der Waals surface area contributed by atoms with Crippen molar-refractivity contribution in [2.24, 2.45) is 0 Å². The van der Waals surface area contributed by atoms with E-state index in [1.54, 1.807) is 29.1 Å². The fourth-order valence-electron chi connectivity index (χ4n) is 1.81. The lowest BCUT2D eigenvalue weighted by molar-refractivity contribution is -0.111. The number of carbonyl (C=O) groups is 1. The molecular formula is C15H16FN3O. The van der Waals surface area contributed by atoms with Crippen LogP contribution in [-0.4, -0.2) is 15.7 Å². The van der Waals surface area contributed by atoms with E-state index in [1.165, 1.54) is 18.2 Å². The van der Waals surface area contributed by atoms with Crippen LogP contribution >= 0.6 is 0 Å². The Kier molecular flexibility index (Phi) is 4.30. The minimum Gasteiger partial charge on any atom is -0.320 e. The van der Waals surface area contributed by atoms with Crippen LogP contribution in [0.1, 0.15) is 18.2 Å². The summed E-state index contributed by atoms with van der Waals surface area (Å²) in [6.07, 6.45) is 4.67. The first-order valence-electron chi connectivity index (χ1n) is 6.37. The van der Waals surface area contributed by atoms with E-state index in [9.17, 15) is 9.18 Å². The van der Waals surface area contributed by atoms with Crippen molar-refractivity contribution in [1.29, 1.82) is 0 Å². The van der Waals surface area contributed by atoms with Crippen molar-refractivity contribution in [2.45, 2.75) is 20.4 Å². The minimum atomic E-state index is -0.297. The SMILES string of the molecule is CCn1ncc(NC(=O)/C=C/c2ccc(F)cc2)c1C. The Labute approximate surface area is 116 Å². The van der Waals surface area contributed by atoms with Gasteiger partial charge in [-0.1, -0.05) is 12.1 Å². The van der Waals surface area contributed by atoms with E-state index in [1.807, 2.05) is 13.8 Å². The smallest absolute Gasteiger partial charge is 0.248 e. The van der Waals surface area contributed by atoms with E-state index in [0.717, 1.165) is 17.8 Å². The molecule has 0 aliphatic carbocycles. The zero-order valence-corrected chi connectivity index (χ0v) is 11.4. The van der Waals surface area contributed by atoms with Gasteiger partial charge in [-0.05, 0) is 37.6 Å². The van der Waals surface area contributed by atoms with E-state index in [4.69, 9.17) is 0 Å². The first kappa shape index (κ1) is 14.0. The van der Waals surface area contributed by atoms with Gasteiger partial charge < -0.3 is 5.32 Å². The Balaban J connectivity index is 2.01. The average Bonchev–Trinajstić information content (AvgIpc) is 2.79. The number of nitrogens with zero attached hydrogens (tertiary/aromatic N) is 2. The Hall–Kier alpha value is -2.43. The summed E-state index contributed by atoms with van der Waals surface area (Å²) >= 11 is 0. The van der Waals surface area contributed by atoms with Crippen LogP contribution in [0.4, 0.5) is 10.1 Å². The molecule has 0 aliphatic rings. The second-order valence-electron chi connectivity index (χ2n) is 4.33.